The number of methoxy groups -OCH3 is 1. The molecule has 0 radical (unpaired) electrons. The van der Waals surface area contributed by atoms with E-state index in [0.717, 1.165) is 11.3 Å². The SMILES string of the molecule is COCOc1[c-]cc(C)cc1C.[Br-].[Mg+2]. The summed E-state index contributed by atoms with van der Waals surface area (Å²) >= 11 is 0. The predicted molar refractivity (Wildman–Crippen MR) is 53.0 cm³/mol. The number of halogens is 1. The molecule has 74 valence electrons. The van der Waals surface area contributed by atoms with Crippen molar-refractivity contribution in [2.24, 2.45) is 0 Å². The van der Waals surface area contributed by atoms with Crippen molar-refractivity contribution >= 4 is 23.1 Å². The molecule has 0 aromatic heterocycles. The first-order chi connectivity index (χ1) is 5.74. The molecule has 4 heteroatoms. The van der Waals surface area contributed by atoms with Gasteiger partial charge in [-0.2, -0.15) is 17.7 Å². The zero-order valence-electron chi connectivity index (χ0n) is 8.76. The molecule has 0 saturated heterocycles. The van der Waals surface area contributed by atoms with Crippen LogP contribution in [-0.2, 0) is 4.74 Å². The topological polar surface area (TPSA) is 18.5 Å². The number of rotatable bonds is 3. The molecule has 1 aromatic carbocycles. The Balaban J connectivity index is 0. The fourth-order valence-corrected chi connectivity index (χ4v) is 1.02. The Morgan fingerprint density at radius 3 is 2.50 bits per heavy atom. The first-order valence-electron chi connectivity index (χ1n) is 3.84. The average Bonchev–Trinajstić information content (AvgIpc) is 2.03. The molecule has 1 rings (SSSR count). The van der Waals surface area contributed by atoms with E-state index in [1.54, 1.807) is 7.11 Å². The molecular formula is C10H13BrMgO2. The van der Waals surface area contributed by atoms with E-state index in [1.165, 1.54) is 5.56 Å². The minimum atomic E-state index is 0. The van der Waals surface area contributed by atoms with Gasteiger partial charge in [-0.05, 0) is 0 Å². The summed E-state index contributed by atoms with van der Waals surface area (Å²) < 4.78 is 10.1. The second-order valence-electron chi connectivity index (χ2n) is 2.74. The maximum absolute atomic E-state index is 5.26. The van der Waals surface area contributed by atoms with E-state index in [2.05, 4.69) is 12.1 Å². The maximum Gasteiger partial charge on any atom is 2.00 e. The van der Waals surface area contributed by atoms with Crippen molar-refractivity contribution in [1.29, 1.82) is 0 Å². The van der Waals surface area contributed by atoms with Crippen LogP contribution < -0.4 is 21.7 Å². The molecule has 0 heterocycles. The summed E-state index contributed by atoms with van der Waals surface area (Å²) in [5.41, 5.74) is 2.28. The third kappa shape index (κ3) is 5.19. The number of ether oxygens (including phenoxy) is 2. The summed E-state index contributed by atoms with van der Waals surface area (Å²) in [4.78, 5) is 0. The van der Waals surface area contributed by atoms with Gasteiger partial charge in [0.15, 0.2) is 6.79 Å². The molecule has 0 aliphatic rings. The zero-order chi connectivity index (χ0) is 8.97. The quantitative estimate of drug-likeness (QED) is 0.386. The Bertz CT molecular complexity index is 266. The number of aryl methyl sites for hydroxylation is 2. The van der Waals surface area contributed by atoms with Crippen molar-refractivity contribution in [1.82, 2.24) is 0 Å². The van der Waals surface area contributed by atoms with E-state index in [0.29, 0.717) is 0 Å². The Morgan fingerprint density at radius 1 is 1.36 bits per heavy atom. The molecule has 0 aliphatic heterocycles. The van der Waals surface area contributed by atoms with E-state index in [1.807, 2.05) is 19.9 Å². The molecule has 0 bridgehead atoms. The molecule has 14 heavy (non-hydrogen) atoms. The number of hydrogen-bond acceptors (Lipinski definition) is 2. The summed E-state index contributed by atoms with van der Waals surface area (Å²) in [5.74, 6) is 0.766. The number of benzene rings is 1. The second-order valence-corrected chi connectivity index (χ2v) is 2.74. The average molecular weight is 269 g/mol. The third-order valence-corrected chi connectivity index (χ3v) is 1.55. The fourth-order valence-electron chi connectivity index (χ4n) is 1.02. The third-order valence-electron chi connectivity index (χ3n) is 1.55. The van der Waals surface area contributed by atoms with Crippen LogP contribution in [0.3, 0.4) is 0 Å². The van der Waals surface area contributed by atoms with Gasteiger partial charge in [0.1, 0.15) is 0 Å². The summed E-state index contributed by atoms with van der Waals surface area (Å²) in [6.07, 6.45) is 0. The van der Waals surface area contributed by atoms with E-state index >= 15 is 0 Å². The molecule has 1 aromatic rings. The minimum Gasteiger partial charge on any atom is -1.00 e. The Morgan fingerprint density at radius 2 is 2.00 bits per heavy atom. The van der Waals surface area contributed by atoms with Crippen LogP contribution in [-0.4, -0.2) is 37.0 Å². The van der Waals surface area contributed by atoms with Crippen LogP contribution in [0.4, 0.5) is 0 Å². The van der Waals surface area contributed by atoms with Crippen LogP contribution in [0.15, 0.2) is 12.1 Å². The summed E-state index contributed by atoms with van der Waals surface area (Å²) in [7, 11) is 1.60. The van der Waals surface area contributed by atoms with Crippen molar-refractivity contribution < 1.29 is 26.5 Å². The molecule has 0 unspecified atom stereocenters. The van der Waals surface area contributed by atoms with Gasteiger partial charge in [-0.1, -0.05) is 13.8 Å². The van der Waals surface area contributed by atoms with Gasteiger partial charge in [0.05, 0.1) is 0 Å². The van der Waals surface area contributed by atoms with Crippen LogP contribution in [0.25, 0.3) is 0 Å². The maximum atomic E-state index is 5.26. The smallest absolute Gasteiger partial charge is 1.00 e. The first-order valence-corrected chi connectivity index (χ1v) is 3.84. The van der Waals surface area contributed by atoms with Gasteiger partial charge in [0.25, 0.3) is 0 Å². The largest absolute Gasteiger partial charge is 2.00 e. The van der Waals surface area contributed by atoms with Gasteiger partial charge in [0.2, 0.25) is 0 Å². The van der Waals surface area contributed by atoms with Crippen molar-refractivity contribution in [3.05, 3.63) is 29.3 Å². The predicted octanol–water partition coefficient (Wildman–Crippen LogP) is -1.29. The monoisotopic (exact) mass is 268 g/mol. The van der Waals surface area contributed by atoms with E-state index in [4.69, 9.17) is 9.47 Å². The van der Waals surface area contributed by atoms with Crippen LogP contribution in [0, 0.1) is 19.9 Å². The van der Waals surface area contributed by atoms with Crippen LogP contribution in [0.2, 0.25) is 0 Å². The van der Waals surface area contributed by atoms with Crippen LogP contribution in [0.1, 0.15) is 11.1 Å². The minimum absolute atomic E-state index is 0. The molecule has 0 spiro atoms. The van der Waals surface area contributed by atoms with Gasteiger partial charge in [-0.25, -0.2) is 0 Å². The van der Waals surface area contributed by atoms with Gasteiger partial charge in [-0.3, -0.25) is 0 Å². The van der Waals surface area contributed by atoms with Crippen molar-refractivity contribution in [2.45, 2.75) is 13.8 Å². The molecule has 0 amide bonds. The van der Waals surface area contributed by atoms with Crippen LogP contribution >= 0.6 is 0 Å². The molecule has 2 nitrogen and oxygen atoms in total. The van der Waals surface area contributed by atoms with E-state index < -0.39 is 0 Å². The summed E-state index contributed by atoms with van der Waals surface area (Å²) in [5, 5.41) is 0. The Labute approximate surface area is 112 Å². The van der Waals surface area contributed by atoms with Gasteiger partial charge in [-0.15, -0.1) is 11.6 Å². The summed E-state index contributed by atoms with van der Waals surface area (Å²) in [6, 6.07) is 7.00. The molecule has 0 atom stereocenters. The first kappa shape index (κ1) is 16.6. The molecule has 0 fully saturated rings. The molecule has 0 N–H and O–H groups in total. The van der Waals surface area contributed by atoms with E-state index in [-0.39, 0.29) is 46.8 Å². The Kier molecular flexibility index (Phi) is 10.1. The Hall–Kier alpha value is 0.226. The normalized spacial score (nSPS) is 8.50. The summed E-state index contributed by atoms with van der Waals surface area (Å²) in [6.45, 7) is 4.30. The van der Waals surface area contributed by atoms with Crippen LogP contribution in [0.5, 0.6) is 5.75 Å². The van der Waals surface area contributed by atoms with Crippen molar-refractivity contribution in [3.63, 3.8) is 0 Å². The van der Waals surface area contributed by atoms with E-state index in [9.17, 15) is 0 Å². The van der Waals surface area contributed by atoms with Crippen molar-refractivity contribution in [3.8, 4) is 5.75 Å². The van der Waals surface area contributed by atoms with Crippen molar-refractivity contribution in [2.75, 3.05) is 13.9 Å². The second kappa shape index (κ2) is 8.53. The molecule has 0 aliphatic carbocycles. The fraction of sp³-hybridized carbons (Fsp3) is 0.400. The molecule has 0 saturated carbocycles. The zero-order valence-corrected chi connectivity index (χ0v) is 11.8. The standard InChI is InChI=1S/C10H13O2.BrH.Mg/c1-8-4-5-10(9(2)6-8)12-7-11-3;;/h4,6H,7H2,1-3H3;1H;/q-1;;+2/p-1. The molecular weight excluding hydrogens is 256 g/mol. The van der Waals surface area contributed by atoms with Gasteiger partial charge >= 0.3 is 23.1 Å². The number of hydrogen-bond donors (Lipinski definition) is 0. The van der Waals surface area contributed by atoms with Gasteiger partial charge in [0, 0.05) is 12.9 Å². The van der Waals surface area contributed by atoms with Gasteiger partial charge < -0.3 is 26.5 Å².